The minimum absolute atomic E-state index is 0.0532. The maximum absolute atomic E-state index is 13.1. The third-order valence-corrected chi connectivity index (χ3v) is 10.3. The van der Waals surface area contributed by atoms with Crippen LogP contribution in [0.5, 0.6) is 0 Å². The van der Waals surface area contributed by atoms with Crippen LogP contribution < -0.4 is 0 Å². The number of carbonyl (C=O) groups is 3. The summed E-state index contributed by atoms with van der Waals surface area (Å²) in [7, 11) is 1.31. The molecule has 2 unspecified atom stereocenters. The van der Waals surface area contributed by atoms with Gasteiger partial charge in [-0.25, -0.2) is 4.79 Å². The summed E-state index contributed by atoms with van der Waals surface area (Å²) in [5.41, 5.74) is -0.711. The van der Waals surface area contributed by atoms with Gasteiger partial charge in [-0.2, -0.15) is 0 Å². The van der Waals surface area contributed by atoms with Gasteiger partial charge < -0.3 is 23.4 Å². The lowest BCUT2D eigenvalue weighted by atomic mass is 9.41. The van der Waals surface area contributed by atoms with Crippen LogP contribution in [0.15, 0.2) is 35.2 Å². The van der Waals surface area contributed by atoms with Crippen molar-refractivity contribution in [2.75, 3.05) is 7.11 Å². The number of esters is 3. The number of ether oxygens (including phenoxy) is 4. The molecular weight excluding hydrogens is 476 g/mol. The van der Waals surface area contributed by atoms with Gasteiger partial charge in [0.15, 0.2) is 0 Å². The van der Waals surface area contributed by atoms with E-state index in [4.69, 9.17) is 23.4 Å². The van der Waals surface area contributed by atoms with Crippen LogP contribution in [0.25, 0.3) is 0 Å². The fourth-order valence-electron chi connectivity index (χ4n) is 8.60. The highest BCUT2D eigenvalue weighted by atomic mass is 16.6. The Morgan fingerprint density at radius 1 is 1.16 bits per heavy atom. The quantitative estimate of drug-likeness (QED) is 0.317. The molecule has 8 nitrogen and oxygen atoms in total. The van der Waals surface area contributed by atoms with Gasteiger partial charge in [0.2, 0.25) is 6.10 Å². The summed E-state index contributed by atoms with van der Waals surface area (Å²) in [6, 6.07) is 1.84. The van der Waals surface area contributed by atoms with Crippen molar-refractivity contribution in [2.45, 2.75) is 90.6 Å². The van der Waals surface area contributed by atoms with E-state index in [0.29, 0.717) is 0 Å². The van der Waals surface area contributed by atoms with Crippen LogP contribution in [0.1, 0.15) is 78.4 Å². The van der Waals surface area contributed by atoms with Crippen molar-refractivity contribution in [3.8, 4) is 0 Å². The molecule has 4 fully saturated rings. The van der Waals surface area contributed by atoms with Gasteiger partial charge >= 0.3 is 17.9 Å². The number of fused-ring (bicyclic) bond motifs is 3. The first-order chi connectivity index (χ1) is 17.3. The average Bonchev–Trinajstić information content (AvgIpc) is 3.34. The summed E-state index contributed by atoms with van der Waals surface area (Å²) >= 11 is 0. The van der Waals surface area contributed by atoms with Crippen LogP contribution >= 0.6 is 0 Å². The Hall–Kier alpha value is -2.61. The molecule has 2 aliphatic heterocycles. The van der Waals surface area contributed by atoms with Gasteiger partial charge in [0, 0.05) is 29.2 Å². The van der Waals surface area contributed by atoms with Gasteiger partial charge in [-0.05, 0) is 48.7 Å². The minimum Gasteiger partial charge on any atom is -0.472 e. The number of hydrogen-bond donors (Lipinski definition) is 0. The van der Waals surface area contributed by atoms with Crippen molar-refractivity contribution in [3.63, 3.8) is 0 Å². The standard InChI is InChI=1S/C29H38O8/c1-16-19-8-12-27(5)24(18-10-13-34-15-18)36-21(31)14-29(16,27)37-20-9-11-26(3,4)23(28(19,20)6)22(25(32)33-7)35-17(2)30/h10,13,15,19-20,22-24H,1,8-9,11-12,14H2,2-7H3/t19?,20-,22?,23-,24-,27-,28-,29-/m0/s1. The first-order valence-corrected chi connectivity index (χ1v) is 13.2. The summed E-state index contributed by atoms with van der Waals surface area (Å²) in [5.74, 6) is -1.85. The molecule has 2 saturated carbocycles. The zero-order chi connectivity index (χ0) is 27.0. The Balaban J connectivity index is 1.63. The summed E-state index contributed by atoms with van der Waals surface area (Å²) in [6.45, 7) is 14.4. The van der Waals surface area contributed by atoms with E-state index in [0.717, 1.165) is 36.8 Å². The van der Waals surface area contributed by atoms with E-state index >= 15 is 0 Å². The molecule has 2 aliphatic carbocycles. The fraction of sp³-hybridized carbons (Fsp3) is 0.690. The van der Waals surface area contributed by atoms with Crippen LogP contribution in [0.2, 0.25) is 0 Å². The summed E-state index contributed by atoms with van der Waals surface area (Å²) < 4.78 is 29.3. The van der Waals surface area contributed by atoms with Crippen LogP contribution in [-0.4, -0.2) is 42.8 Å². The highest BCUT2D eigenvalue weighted by Gasteiger charge is 2.73. The second kappa shape index (κ2) is 8.45. The zero-order valence-electron chi connectivity index (χ0n) is 22.6. The van der Waals surface area contributed by atoms with E-state index in [1.54, 1.807) is 12.5 Å². The molecule has 0 N–H and O–H groups in total. The van der Waals surface area contributed by atoms with Crippen molar-refractivity contribution >= 4 is 17.9 Å². The highest BCUT2D eigenvalue weighted by molar-refractivity contribution is 5.79. The molecule has 1 spiro atoms. The fourth-order valence-corrected chi connectivity index (χ4v) is 8.60. The Kier molecular flexibility index (Phi) is 5.94. The molecule has 202 valence electrons. The number of carbonyl (C=O) groups excluding carboxylic acids is 3. The molecule has 8 heteroatoms. The van der Waals surface area contributed by atoms with Crippen molar-refractivity contribution < 1.29 is 37.7 Å². The highest BCUT2D eigenvalue weighted by Crippen LogP contribution is 2.72. The molecule has 1 aromatic rings. The summed E-state index contributed by atoms with van der Waals surface area (Å²) in [6.07, 6.45) is 4.46. The largest absolute Gasteiger partial charge is 0.472 e. The number of cyclic esters (lactones) is 1. The first-order valence-electron chi connectivity index (χ1n) is 13.2. The van der Waals surface area contributed by atoms with Gasteiger partial charge in [-0.1, -0.05) is 34.3 Å². The second-order valence-corrected chi connectivity index (χ2v) is 12.5. The van der Waals surface area contributed by atoms with Crippen LogP contribution in [0, 0.1) is 28.1 Å². The molecule has 2 saturated heterocycles. The van der Waals surface area contributed by atoms with Crippen LogP contribution in [-0.2, 0) is 33.3 Å². The van der Waals surface area contributed by atoms with Crippen LogP contribution in [0.4, 0.5) is 0 Å². The van der Waals surface area contributed by atoms with Gasteiger partial charge in [0.25, 0.3) is 0 Å². The molecule has 1 aromatic heterocycles. The lowest BCUT2D eigenvalue weighted by Gasteiger charge is -2.70. The molecule has 0 radical (unpaired) electrons. The molecule has 3 heterocycles. The topological polar surface area (TPSA) is 101 Å². The Labute approximate surface area is 218 Å². The lowest BCUT2D eigenvalue weighted by Crippen LogP contribution is -2.73. The van der Waals surface area contributed by atoms with E-state index in [1.165, 1.54) is 14.0 Å². The summed E-state index contributed by atoms with van der Waals surface area (Å²) in [4.78, 5) is 38.3. The average molecular weight is 515 g/mol. The molecule has 0 aromatic carbocycles. The molecule has 5 rings (SSSR count). The molecule has 2 bridgehead atoms. The number of hydrogen-bond acceptors (Lipinski definition) is 8. The summed E-state index contributed by atoms with van der Waals surface area (Å²) in [5, 5.41) is 0. The van der Waals surface area contributed by atoms with Gasteiger partial charge in [0.05, 0.1) is 32.2 Å². The van der Waals surface area contributed by atoms with Crippen molar-refractivity contribution in [1.29, 1.82) is 0 Å². The normalized spacial score (nSPS) is 41.0. The van der Waals surface area contributed by atoms with Crippen molar-refractivity contribution in [3.05, 3.63) is 36.3 Å². The number of rotatable bonds is 4. The predicted octanol–water partition coefficient (Wildman–Crippen LogP) is 4.92. The SMILES string of the molecule is C=C1C2CC[C@@]3(C)[C@H](c4ccoc4)OC(=O)C[C@]13O[C@H]1CCC(C)(C)[C@H](C(OC(C)=O)C(=O)OC)[C@@]21C. The zero-order valence-corrected chi connectivity index (χ0v) is 22.6. The van der Waals surface area contributed by atoms with E-state index in [9.17, 15) is 14.4 Å². The van der Waals surface area contributed by atoms with E-state index in [1.807, 2.05) is 6.07 Å². The Morgan fingerprint density at radius 3 is 2.51 bits per heavy atom. The van der Waals surface area contributed by atoms with E-state index in [-0.39, 0.29) is 35.7 Å². The maximum Gasteiger partial charge on any atom is 0.347 e. The van der Waals surface area contributed by atoms with Gasteiger partial charge in [-0.3, -0.25) is 9.59 Å². The van der Waals surface area contributed by atoms with Gasteiger partial charge in [-0.15, -0.1) is 0 Å². The smallest absolute Gasteiger partial charge is 0.347 e. The Bertz CT molecular complexity index is 1120. The third kappa shape index (κ3) is 3.47. The molecule has 4 aliphatic rings. The lowest BCUT2D eigenvalue weighted by molar-refractivity contribution is -0.310. The first kappa shape index (κ1) is 26.0. The van der Waals surface area contributed by atoms with E-state index in [2.05, 4.69) is 34.3 Å². The second-order valence-electron chi connectivity index (χ2n) is 12.5. The minimum atomic E-state index is -1.07. The molecule has 8 atom stereocenters. The molecular formula is C29H38O8. The Morgan fingerprint density at radius 2 is 1.89 bits per heavy atom. The van der Waals surface area contributed by atoms with Crippen molar-refractivity contribution in [2.24, 2.45) is 28.1 Å². The van der Waals surface area contributed by atoms with Gasteiger partial charge in [0.1, 0.15) is 11.7 Å². The molecule has 0 amide bonds. The van der Waals surface area contributed by atoms with E-state index < -0.39 is 40.6 Å². The number of methoxy groups -OCH3 is 1. The van der Waals surface area contributed by atoms with Crippen molar-refractivity contribution in [1.82, 2.24) is 0 Å². The third-order valence-electron chi connectivity index (χ3n) is 10.3. The maximum atomic E-state index is 13.1. The monoisotopic (exact) mass is 514 g/mol. The number of furan rings is 1. The van der Waals surface area contributed by atoms with Crippen LogP contribution in [0.3, 0.4) is 0 Å². The molecule has 37 heavy (non-hydrogen) atoms. The predicted molar refractivity (Wildman–Crippen MR) is 132 cm³/mol.